The quantitative estimate of drug-likeness (QED) is 0.741. The van der Waals surface area contributed by atoms with Gasteiger partial charge in [0.2, 0.25) is 5.91 Å². The van der Waals surface area contributed by atoms with Gasteiger partial charge >= 0.3 is 6.09 Å². The Bertz CT molecular complexity index is 370. The van der Waals surface area contributed by atoms with Gasteiger partial charge in [0.05, 0.1) is 0 Å². The van der Waals surface area contributed by atoms with Gasteiger partial charge in [-0.2, -0.15) is 0 Å². The van der Waals surface area contributed by atoms with Gasteiger partial charge in [-0.25, -0.2) is 4.79 Å². The van der Waals surface area contributed by atoms with Crippen molar-refractivity contribution in [2.24, 2.45) is 0 Å². The summed E-state index contributed by atoms with van der Waals surface area (Å²) in [6.45, 7) is 7.38. The Kier molecular flexibility index (Phi) is 6.65. The van der Waals surface area contributed by atoms with Crippen molar-refractivity contribution in [2.45, 2.75) is 58.5 Å². The molecule has 0 aromatic rings. The van der Waals surface area contributed by atoms with E-state index in [2.05, 4.69) is 5.32 Å². The molecule has 0 aromatic carbocycles. The molecule has 2 heterocycles. The molecule has 6 nitrogen and oxygen atoms in total. The zero-order valence-electron chi connectivity index (χ0n) is 13.2. The summed E-state index contributed by atoms with van der Waals surface area (Å²) in [5.74, 6) is 0.441. The molecule has 2 aliphatic rings. The summed E-state index contributed by atoms with van der Waals surface area (Å²) in [7, 11) is 0. The molecule has 2 saturated heterocycles. The van der Waals surface area contributed by atoms with Crippen molar-refractivity contribution in [3.8, 4) is 0 Å². The third-order valence-electron chi connectivity index (χ3n) is 3.13. The average Bonchev–Trinajstić information content (AvgIpc) is 2.39. The Morgan fingerprint density at radius 1 is 1.10 bits per heavy atom. The number of hydrogen-bond acceptors (Lipinski definition) is 4. The summed E-state index contributed by atoms with van der Waals surface area (Å²) in [5.41, 5.74) is -0.460. The van der Waals surface area contributed by atoms with E-state index in [9.17, 15) is 14.4 Å². The van der Waals surface area contributed by atoms with E-state index in [0.29, 0.717) is 25.9 Å². The first-order valence-corrected chi connectivity index (χ1v) is 7.54. The number of nitrogens with one attached hydrogen (secondary N) is 1. The van der Waals surface area contributed by atoms with Crippen molar-refractivity contribution in [1.82, 2.24) is 10.2 Å². The van der Waals surface area contributed by atoms with Crippen LogP contribution in [-0.2, 0) is 14.3 Å². The van der Waals surface area contributed by atoms with E-state index in [4.69, 9.17) is 4.74 Å². The Balaban J connectivity index is 0.000000262. The number of nitrogens with zero attached hydrogens (tertiary/aromatic N) is 1. The minimum Gasteiger partial charge on any atom is -0.444 e. The monoisotopic (exact) mass is 298 g/mol. The molecule has 2 aliphatic heterocycles. The smallest absolute Gasteiger partial charge is 0.410 e. The van der Waals surface area contributed by atoms with Gasteiger partial charge in [-0.05, 0) is 33.6 Å². The zero-order valence-corrected chi connectivity index (χ0v) is 13.2. The Morgan fingerprint density at radius 2 is 1.71 bits per heavy atom. The number of amides is 2. The lowest BCUT2D eigenvalue weighted by atomic mass is 10.1. The fraction of sp³-hybridized carbons (Fsp3) is 0.800. The second-order valence-corrected chi connectivity index (χ2v) is 6.31. The van der Waals surface area contributed by atoms with Crippen LogP contribution < -0.4 is 5.32 Å². The van der Waals surface area contributed by atoms with E-state index >= 15 is 0 Å². The number of likely N-dealkylation sites (tertiary alicyclic amines) is 1. The predicted molar refractivity (Wildman–Crippen MR) is 78.9 cm³/mol. The van der Waals surface area contributed by atoms with E-state index in [1.807, 2.05) is 20.8 Å². The van der Waals surface area contributed by atoms with Gasteiger partial charge in [0.25, 0.3) is 0 Å². The molecule has 2 amide bonds. The van der Waals surface area contributed by atoms with Crippen LogP contribution >= 0.6 is 0 Å². The van der Waals surface area contributed by atoms with Crippen molar-refractivity contribution >= 4 is 17.8 Å². The van der Waals surface area contributed by atoms with E-state index in [-0.39, 0.29) is 17.8 Å². The Morgan fingerprint density at radius 3 is 2.10 bits per heavy atom. The third kappa shape index (κ3) is 7.68. The van der Waals surface area contributed by atoms with Crippen LogP contribution in [0.1, 0.15) is 52.9 Å². The van der Waals surface area contributed by atoms with Crippen molar-refractivity contribution in [2.75, 3.05) is 19.6 Å². The van der Waals surface area contributed by atoms with Gasteiger partial charge in [0, 0.05) is 38.9 Å². The highest BCUT2D eigenvalue weighted by atomic mass is 16.6. The van der Waals surface area contributed by atoms with Crippen LogP contribution in [0.5, 0.6) is 0 Å². The SMILES string of the molecule is CC(C)(C)OC(=O)N1CCC(=O)CC1.O=C1CCCCN1. The summed E-state index contributed by atoms with van der Waals surface area (Å²) >= 11 is 0. The van der Waals surface area contributed by atoms with E-state index in [1.54, 1.807) is 4.90 Å². The fourth-order valence-corrected chi connectivity index (χ4v) is 1.99. The van der Waals surface area contributed by atoms with Crippen LogP contribution in [0.4, 0.5) is 4.79 Å². The standard InChI is InChI=1S/C10H17NO3.C5H9NO/c1-10(2,3)14-9(13)11-6-4-8(12)5-7-11;7-5-3-1-2-4-6-5/h4-7H2,1-3H3;1-4H2,(H,6,7). The van der Waals surface area contributed by atoms with Crippen LogP contribution in [-0.4, -0.2) is 47.9 Å². The molecule has 0 unspecified atom stereocenters. The largest absolute Gasteiger partial charge is 0.444 e. The van der Waals surface area contributed by atoms with Crippen LogP contribution in [0.15, 0.2) is 0 Å². The maximum atomic E-state index is 11.5. The van der Waals surface area contributed by atoms with Crippen molar-refractivity contribution in [1.29, 1.82) is 0 Å². The lowest BCUT2D eigenvalue weighted by Gasteiger charge is -2.29. The van der Waals surface area contributed by atoms with Crippen LogP contribution in [0.3, 0.4) is 0 Å². The highest BCUT2D eigenvalue weighted by molar-refractivity contribution is 5.81. The van der Waals surface area contributed by atoms with Gasteiger partial charge in [0.15, 0.2) is 0 Å². The van der Waals surface area contributed by atoms with Gasteiger partial charge in [-0.3, -0.25) is 9.59 Å². The molecule has 120 valence electrons. The minimum atomic E-state index is -0.460. The highest BCUT2D eigenvalue weighted by Crippen LogP contribution is 2.13. The summed E-state index contributed by atoms with van der Waals surface area (Å²) in [5, 5.41) is 2.74. The van der Waals surface area contributed by atoms with Crippen LogP contribution in [0.2, 0.25) is 0 Å². The first kappa shape index (κ1) is 17.5. The lowest BCUT2D eigenvalue weighted by molar-refractivity contribution is -0.122. The molecule has 2 rings (SSSR count). The number of rotatable bonds is 0. The van der Waals surface area contributed by atoms with Crippen molar-refractivity contribution in [3.05, 3.63) is 0 Å². The molecule has 6 heteroatoms. The number of Topliss-reactive ketones (excluding diaryl/α,β-unsaturated/α-hetero) is 1. The predicted octanol–water partition coefficient (Wildman–Crippen LogP) is 1.87. The first-order valence-electron chi connectivity index (χ1n) is 7.54. The van der Waals surface area contributed by atoms with Crippen LogP contribution in [0.25, 0.3) is 0 Å². The van der Waals surface area contributed by atoms with Crippen molar-refractivity contribution < 1.29 is 19.1 Å². The topological polar surface area (TPSA) is 75.7 Å². The first-order chi connectivity index (χ1) is 9.78. The van der Waals surface area contributed by atoms with E-state index in [0.717, 1.165) is 25.8 Å². The van der Waals surface area contributed by atoms with Gasteiger partial charge in [-0.1, -0.05) is 0 Å². The summed E-state index contributed by atoms with van der Waals surface area (Å²) in [6.07, 6.45) is 3.57. The number of ketones is 1. The minimum absolute atomic E-state index is 0.214. The molecular weight excluding hydrogens is 272 g/mol. The molecule has 0 aliphatic carbocycles. The molecule has 0 spiro atoms. The second kappa shape index (κ2) is 8.00. The number of carbonyl (C=O) groups is 3. The molecule has 21 heavy (non-hydrogen) atoms. The maximum absolute atomic E-state index is 11.5. The molecule has 0 saturated carbocycles. The summed E-state index contributed by atoms with van der Waals surface area (Å²) in [6, 6.07) is 0. The zero-order chi connectivity index (χ0) is 15.9. The molecular formula is C15H26N2O4. The average molecular weight is 298 g/mol. The Hall–Kier alpha value is -1.59. The molecule has 0 aromatic heterocycles. The van der Waals surface area contributed by atoms with E-state index < -0.39 is 5.60 Å². The normalized spacial score (nSPS) is 19.3. The summed E-state index contributed by atoms with van der Waals surface area (Å²) < 4.78 is 5.19. The molecule has 1 N–H and O–H groups in total. The molecule has 0 radical (unpaired) electrons. The van der Waals surface area contributed by atoms with Gasteiger partial charge in [0.1, 0.15) is 11.4 Å². The molecule has 0 bridgehead atoms. The number of piperidine rings is 2. The summed E-state index contributed by atoms with van der Waals surface area (Å²) in [4.78, 5) is 34.4. The third-order valence-corrected chi connectivity index (χ3v) is 3.13. The van der Waals surface area contributed by atoms with Crippen molar-refractivity contribution in [3.63, 3.8) is 0 Å². The number of hydrogen-bond donors (Lipinski definition) is 1. The molecule has 0 atom stereocenters. The second-order valence-electron chi connectivity index (χ2n) is 6.31. The lowest BCUT2D eigenvalue weighted by Crippen LogP contribution is -2.41. The number of ether oxygens (including phenoxy) is 1. The highest BCUT2D eigenvalue weighted by Gasteiger charge is 2.25. The molecule has 2 fully saturated rings. The van der Waals surface area contributed by atoms with Gasteiger partial charge < -0.3 is 15.0 Å². The maximum Gasteiger partial charge on any atom is 0.410 e. The van der Waals surface area contributed by atoms with Crippen LogP contribution in [0, 0.1) is 0 Å². The van der Waals surface area contributed by atoms with E-state index in [1.165, 1.54) is 0 Å². The fourth-order valence-electron chi connectivity index (χ4n) is 1.99. The number of carbonyl (C=O) groups excluding carboxylic acids is 3. The van der Waals surface area contributed by atoms with Gasteiger partial charge in [-0.15, -0.1) is 0 Å². The Labute approximate surface area is 126 Å².